The van der Waals surface area contributed by atoms with E-state index in [9.17, 15) is 24.6 Å². The van der Waals surface area contributed by atoms with Gasteiger partial charge >= 0.3 is 0 Å². The molecule has 3 rings (SSSR count). The van der Waals surface area contributed by atoms with Gasteiger partial charge in [-0.25, -0.2) is 4.99 Å². The summed E-state index contributed by atoms with van der Waals surface area (Å²) in [6.07, 6.45) is 1.07. The van der Waals surface area contributed by atoms with Crippen LogP contribution in [0.3, 0.4) is 0 Å². The fourth-order valence-electron chi connectivity index (χ4n) is 2.93. The zero-order chi connectivity index (χ0) is 18.5. The molecule has 1 heterocycles. The summed E-state index contributed by atoms with van der Waals surface area (Å²) in [4.78, 5) is 40.7. The molecule has 1 aliphatic carbocycles. The number of carbonyl (C=O) groups excluding carboxylic acids is 3. The predicted molar refractivity (Wildman–Crippen MR) is 87.9 cm³/mol. The number of rotatable bonds is 3. The molecular formula is C18H15NO6. The first-order valence-electron chi connectivity index (χ1n) is 7.48. The van der Waals surface area contributed by atoms with Gasteiger partial charge in [0.1, 0.15) is 17.1 Å². The van der Waals surface area contributed by atoms with Gasteiger partial charge in [0, 0.05) is 12.1 Å². The summed E-state index contributed by atoms with van der Waals surface area (Å²) in [5.74, 6) is -1.74. The number of hydrogen-bond donors (Lipinski definition) is 2. The summed E-state index contributed by atoms with van der Waals surface area (Å²) in [6.45, 7) is 3.50. The first kappa shape index (κ1) is 16.8. The number of allylic oxidation sites excluding steroid dienone is 1. The minimum absolute atomic E-state index is 0.0222. The van der Waals surface area contributed by atoms with E-state index in [1.807, 2.05) is 0 Å². The average molecular weight is 341 g/mol. The van der Waals surface area contributed by atoms with Crippen molar-refractivity contribution in [2.24, 2.45) is 4.99 Å². The van der Waals surface area contributed by atoms with Crippen LogP contribution in [0.15, 0.2) is 46.2 Å². The number of Topliss-reactive ketones (excluding diaryl/α,β-unsaturated/α-hetero) is 3. The monoisotopic (exact) mass is 341 g/mol. The number of carbonyl (C=O) groups is 3. The molecule has 128 valence electrons. The van der Waals surface area contributed by atoms with Gasteiger partial charge in [0.25, 0.3) is 0 Å². The summed E-state index contributed by atoms with van der Waals surface area (Å²) < 4.78 is 5.63. The maximum absolute atomic E-state index is 12.2. The third kappa shape index (κ3) is 2.49. The van der Waals surface area contributed by atoms with Gasteiger partial charge in [0.15, 0.2) is 34.5 Å². The predicted octanol–water partition coefficient (Wildman–Crippen LogP) is 1.55. The second-order valence-corrected chi connectivity index (χ2v) is 5.91. The second-order valence-electron chi connectivity index (χ2n) is 5.91. The highest BCUT2D eigenvalue weighted by Gasteiger charge is 2.47. The molecule has 1 aromatic rings. The molecule has 2 aliphatic rings. The van der Waals surface area contributed by atoms with Crippen LogP contribution >= 0.6 is 0 Å². The van der Waals surface area contributed by atoms with Crippen LogP contribution < -0.4 is 4.74 Å². The molecule has 7 heteroatoms. The Bertz CT molecular complexity index is 937. The number of ether oxygens (including phenoxy) is 1. The highest BCUT2D eigenvalue weighted by Crippen LogP contribution is 2.42. The number of fused-ring (bicyclic) bond motifs is 2. The number of hydrogen-bond acceptors (Lipinski definition) is 7. The number of aliphatic hydroxyl groups is 1. The lowest BCUT2D eigenvalue weighted by molar-refractivity contribution is -0.131. The number of ketones is 3. The topological polar surface area (TPSA) is 113 Å². The molecule has 1 aliphatic heterocycles. The minimum Gasteiger partial charge on any atom is -0.508 e. The summed E-state index contributed by atoms with van der Waals surface area (Å²) in [6, 6.07) is 4.21. The first-order valence-corrected chi connectivity index (χ1v) is 7.48. The van der Waals surface area contributed by atoms with Gasteiger partial charge in [-0.05, 0) is 32.9 Å². The molecule has 0 bridgehead atoms. The lowest BCUT2D eigenvalue weighted by Crippen LogP contribution is -2.46. The number of aliphatic imine (C=N–C) groups is 1. The Labute approximate surface area is 143 Å². The van der Waals surface area contributed by atoms with Gasteiger partial charge in [-0.3, -0.25) is 14.4 Å². The van der Waals surface area contributed by atoms with Crippen LogP contribution in [-0.4, -0.2) is 38.9 Å². The zero-order valence-corrected chi connectivity index (χ0v) is 13.8. The third-order valence-corrected chi connectivity index (χ3v) is 4.08. The molecule has 25 heavy (non-hydrogen) atoms. The van der Waals surface area contributed by atoms with Crippen LogP contribution in [0, 0.1) is 0 Å². The van der Waals surface area contributed by atoms with Crippen LogP contribution in [-0.2, 0) is 14.4 Å². The molecule has 0 spiro atoms. The minimum atomic E-state index is -2.28. The van der Waals surface area contributed by atoms with Gasteiger partial charge in [-0.15, -0.1) is 0 Å². The molecule has 0 saturated heterocycles. The SMILES string of the molecule is CC(=O)C1=C(C(C)=O)C(O)(C(C)=O)C=C2Oc3cc(O)ccc3N=C21. The van der Waals surface area contributed by atoms with Gasteiger partial charge in [0.2, 0.25) is 0 Å². The zero-order valence-electron chi connectivity index (χ0n) is 13.8. The van der Waals surface area contributed by atoms with Gasteiger partial charge < -0.3 is 14.9 Å². The molecular weight excluding hydrogens is 326 g/mol. The van der Waals surface area contributed by atoms with E-state index < -0.39 is 23.0 Å². The van der Waals surface area contributed by atoms with E-state index in [2.05, 4.69) is 4.99 Å². The van der Waals surface area contributed by atoms with E-state index in [4.69, 9.17) is 4.74 Å². The van der Waals surface area contributed by atoms with Crippen molar-refractivity contribution in [2.45, 2.75) is 26.4 Å². The molecule has 0 saturated carbocycles. The molecule has 1 atom stereocenters. The van der Waals surface area contributed by atoms with E-state index in [0.717, 1.165) is 13.0 Å². The van der Waals surface area contributed by atoms with Crippen LogP contribution in [0.25, 0.3) is 0 Å². The Balaban J connectivity index is 2.36. The lowest BCUT2D eigenvalue weighted by atomic mass is 9.76. The van der Waals surface area contributed by atoms with Crippen LogP contribution in [0.1, 0.15) is 20.8 Å². The fourth-order valence-corrected chi connectivity index (χ4v) is 2.93. The molecule has 1 aromatic carbocycles. The second kappa shape index (κ2) is 5.49. The smallest absolute Gasteiger partial charge is 0.174 e. The number of benzene rings is 1. The fraction of sp³-hybridized carbons (Fsp3) is 0.222. The lowest BCUT2D eigenvalue weighted by Gasteiger charge is -2.33. The largest absolute Gasteiger partial charge is 0.508 e. The van der Waals surface area contributed by atoms with Crippen molar-refractivity contribution >= 4 is 28.7 Å². The first-order chi connectivity index (χ1) is 11.6. The number of phenolic OH excluding ortho intramolecular Hbond substituents is 1. The standard InChI is InChI=1S/C18H15NO6/c1-8(20)15-16(9(2)21)18(24,10(3)22)7-14-17(15)19-12-5-4-11(23)6-13(12)25-14/h4-7,23-24H,1-3H3. The molecule has 0 radical (unpaired) electrons. The Hall–Kier alpha value is -3.06. The van der Waals surface area contributed by atoms with Crippen molar-refractivity contribution in [1.82, 2.24) is 0 Å². The molecule has 7 nitrogen and oxygen atoms in total. The Morgan fingerprint density at radius 1 is 1.12 bits per heavy atom. The molecule has 0 amide bonds. The number of nitrogens with zero attached hydrogens (tertiary/aromatic N) is 1. The average Bonchev–Trinajstić information content (AvgIpc) is 2.51. The quantitative estimate of drug-likeness (QED) is 0.862. The van der Waals surface area contributed by atoms with Crippen LogP contribution in [0.5, 0.6) is 11.5 Å². The Morgan fingerprint density at radius 2 is 1.80 bits per heavy atom. The van der Waals surface area contributed by atoms with Gasteiger partial charge in [-0.2, -0.15) is 0 Å². The summed E-state index contributed by atoms with van der Waals surface area (Å²) in [7, 11) is 0. The van der Waals surface area contributed by atoms with Crippen molar-refractivity contribution in [3.05, 3.63) is 41.2 Å². The summed E-state index contributed by atoms with van der Waals surface area (Å²) in [5.41, 5.74) is -2.33. The van der Waals surface area contributed by atoms with Crippen molar-refractivity contribution in [3.63, 3.8) is 0 Å². The van der Waals surface area contributed by atoms with E-state index in [0.29, 0.717) is 5.69 Å². The van der Waals surface area contributed by atoms with Crippen molar-refractivity contribution in [3.8, 4) is 11.5 Å². The molecule has 1 unspecified atom stereocenters. The number of phenols is 1. The Morgan fingerprint density at radius 3 is 2.36 bits per heavy atom. The summed E-state index contributed by atoms with van der Waals surface area (Å²) >= 11 is 0. The van der Waals surface area contributed by atoms with Crippen molar-refractivity contribution in [2.75, 3.05) is 0 Å². The summed E-state index contributed by atoms with van der Waals surface area (Å²) in [5, 5.41) is 20.4. The molecule has 0 aromatic heterocycles. The maximum atomic E-state index is 12.2. The van der Waals surface area contributed by atoms with E-state index >= 15 is 0 Å². The normalized spacial score (nSPS) is 21.4. The van der Waals surface area contributed by atoms with Gasteiger partial charge in [0.05, 0.1) is 11.1 Å². The molecule has 2 N–H and O–H groups in total. The maximum Gasteiger partial charge on any atom is 0.174 e. The Kier molecular flexibility index (Phi) is 3.69. The van der Waals surface area contributed by atoms with Gasteiger partial charge in [-0.1, -0.05) is 0 Å². The van der Waals surface area contributed by atoms with E-state index in [1.165, 1.54) is 32.0 Å². The van der Waals surface area contributed by atoms with Crippen molar-refractivity contribution in [1.29, 1.82) is 0 Å². The van der Waals surface area contributed by atoms with Crippen LogP contribution in [0.4, 0.5) is 5.69 Å². The van der Waals surface area contributed by atoms with E-state index in [1.54, 1.807) is 0 Å². The highest BCUT2D eigenvalue weighted by molar-refractivity contribution is 6.34. The molecule has 0 fully saturated rings. The van der Waals surface area contributed by atoms with E-state index in [-0.39, 0.29) is 34.1 Å². The third-order valence-electron chi connectivity index (χ3n) is 4.08. The van der Waals surface area contributed by atoms with Crippen molar-refractivity contribution < 1.29 is 29.3 Å². The van der Waals surface area contributed by atoms with Crippen LogP contribution in [0.2, 0.25) is 0 Å². The number of aromatic hydroxyl groups is 1. The highest BCUT2D eigenvalue weighted by atomic mass is 16.5.